The van der Waals surface area contributed by atoms with Crippen LogP contribution in [-0.4, -0.2) is 6.16 Å². The molecule has 0 aromatic heterocycles. The first kappa shape index (κ1) is 17.0. The van der Waals surface area contributed by atoms with Crippen molar-refractivity contribution in [3.05, 3.63) is 84.5 Å². The molecule has 1 aliphatic carbocycles. The molecule has 0 spiro atoms. The first-order chi connectivity index (χ1) is 11.6. The Balaban J connectivity index is 1.98. The number of allylic oxidation sites excluding steroid dienone is 3. The molecule has 1 saturated carbocycles. The van der Waals surface area contributed by atoms with Gasteiger partial charge in [0, 0.05) is 16.8 Å². The standard InChI is InChI=1S/C22H25OP/c1-18-13-14-19(2)20(17-18)15-16-24(23,21-9-5-3-6-10-21)22-11-7-4-8-12-22/h3-12,15,18H,2,13-14,16-17H2,1H3/b20-15-/t18-/m0/s1. The molecule has 124 valence electrons. The Labute approximate surface area is 145 Å². The molecular formula is C22H25OP. The highest BCUT2D eigenvalue weighted by Crippen LogP contribution is 2.44. The van der Waals surface area contributed by atoms with E-state index in [-0.39, 0.29) is 0 Å². The predicted octanol–water partition coefficient (Wildman–Crippen LogP) is 5.30. The first-order valence-corrected chi connectivity index (χ1v) is 10.6. The van der Waals surface area contributed by atoms with E-state index in [1.165, 1.54) is 17.6 Å². The lowest BCUT2D eigenvalue weighted by molar-refractivity contribution is 0.498. The molecule has 0 saturated heterocycles. The summed E-state index contributed by atoms with van der Waals surface area (Å²) in [6.07, 6.45) is 6.10. The van der Waals surface area contributed by atoms with Crippen molar-refractivity contribution in [3.63, 3.8) is 0 Å². The van der Waals surface area contributed by atoms with Gasteiger partial charge in [0.05, 0.1) is 0 Å². The Hall–Kier alpha value is -1.85. The van der Waals surface area contributed by atoms with Crippen molar-refractivity contribution in [3.8, 4) is 0 Å². The second-order valence-electron chi connectivity index (χ2n) is 6.77. The van der Waals surface area contributed by atoms with Gasteiger partial charge in [0.1, 0.15) is 7.14 Å². The van der Waals surface area contributed by atoms with Crippen LogP contribution in [-0.2, 0) is 4.57 Å². The maximum atomic E-state index is 14.0. The molecule has 0 aliphatic heterocycles. The van der Waals surface area contributed by atoms with Crippen LogP contribution in [0.25, 0.3) is 0 Å². The van der Waals surface area contributed by atoms with Crippen molar-refractivity contribution in [2.75, 3.05) is 6.16 Å². The second-order valence-corrected chi connectivity index (χ2v) is 9.65. The van der Waals surface area contributed by atoms with Gasteiger partial charge in [-0.15, -0.1) is 0 Å². The third-order valence-corrected chi connectivity index (χ3v) is 7.86. The van der Waals surface area contributed by atoms with Gasteiger partial charge in [0.2, 0.25) is 0 Å². The molecule has 0 N–H and O–H groups in total. The minimum absolute atomic E-state index is 0.572. The number of hydrogen-bond acceptors (Lipinski definition) is 1. The molecule has 1 fully saturated rings. The van der Waals surface area contributed by atoms with Crippen LogP contribution in [0.4, 0.5) is 0 Å². The van der Waals surface area contributed by atoms with Gasteiger partial charge >= 0.3 is 0 Å². The minimum Gasteiger partial charge on any atom is -0.313 e. The summed E-state index contributed by atoms with van der Waals surface area (Å²) in [5, 5.41) is 1.87. The lowest BCUT2D eigenvalue weighted by atomic mass is 9.84. The Morgan fingerprint density at radius 3 is 2.12 bits per heavy atom. The Morgan fingerprint density at radius 2 is 1.58 bits per heavy atom. The predicted molar refractivity (Wildman–Crippen MR) is 105 cm³/mol. The molecule has 0 unspecified atom stereocenters. The highest BCUT2D eigenvalue weighted by Gasteiger charge is 2.26. The summed E-state index contributed by atoms with van der Waals surface area (Å²) >= 11 is 0. The zero-order valence-corrected chi connectivity index (χ0v) is 15.2. The molecule has 0 bridgehead atoms. The minimum atomic E-state index is -2.65. The summed E-state index contributed by atoms with van der Waals surface area (Å²) in [6, 6.07) is 19.8. The Morgan fingerprint density at radius 1 is 1.04 bits per heavy atom. The third-order valence-electron chi connectivity index (χ3n) is 4.90. The van der Waals surface area contributed by atoms with E-state index in [1.807, 2.05) is 60.7 Å². The zero-order valence-electron chi connectivity index (χ0n) is 14.3. The van der Waals surface area contributed by atoms with Gasteiger partial charge in [-0.05, 0) is 30.8 Å². The van der Waals surface area contributed by atoms with Gasteiger partial charge in [-0.2, -0.15) is 0 Å². The molecular weight excluding hydrogens is 311 g/mol. The molecule has 1 aliphatic rings. The van der Waals surface area contributed by atoms with E-state index in [9.17, 15) is 4.57 Å². The van der Waals surface area contributed by atoms with Gasteiger partial charge < -0.3 is 4.57 Å². The van der Waals surface area contributed by atoms with Crippen molar-refractivity contribution in [2.45, 2.75) is 26.2 Å². The van der Waals surface area contributed by atoms with E-state index in [1.54, 1.807) is 0 Å². The van der Waals surface area contributed by atoms with E-state index in [0.29, 0.717) is 12.1 Å². The lowest BCUT2D eigenvalue weighted by Gasteiger charge is -2.24. The summed E-state index contributed by atoms with van der Waals surface area (Å²) < 4.78 is 14.0. The second kappa shape index (κ2) is 7.36. The molecule has 2 heteroatoms. The van der Waals surface area contributed by atoms with Crippen molar-refractivity contribution < 1.29 is 4.57 Å². The topological polar surface area (TPSA) is 17.1 Å². The van der Waals surface area contributed by atoms with Crippen LogP contribution in [0.1, 0.15) is 26.2 Å². The summed E-state index contributed by atoms with van der Waals surface area (Å²) in [5.41, 5.74) is 2.53. The molecule has 1 atom stereocenters. The number of rotatable bonds is 4. The molecule has 24 heavy (non-hydrogen) atoms. The van der Waals surface area contributed by atoms with Gasteiger partial charge in [-0.3, -0.25) is 0 Å². The molecule has 1 nitrogen and oxygen atoms in total. The van der Waals surface area contributed by atoms with Crippen LogP contribution in [0, 0.1) is 5.92 Å². The van der Waals surface area contributed by atoms with E-state index in [2.05, 4.69) is 19.6 Å². The summed E-state index contributed by atoms with van der Waals surface area (Å²) in [4.78, 5) is 0. The number of hydrogen-bond donors (Lipinski definition) is 0. The largest absolute Gasteiger partial charge is 0.313 e. The SMILES string of the molecule is C=C1CC[C@H](C)C/C1=C/CP(=O)(c1ccccc1)c1ccccc1. The van der Waals surface area contributed by atoms with Gasteiger partial charge in [0.25, 0.3) is 0 Å². The monoisotopic (exact) mass is 336 g/mol. The van der Waals surface area contributed by atoms with Crippen LogP contribution in [0.5, 0.6) is 0 Å². The fourth-order valence-electron chi connectivity index (χ4n) is 3.37. The van der Waals surface area contributed by atoms with E-state index in [4.69, 9.17) is 0 Å². The fourth-order valence-corrected chi connectivity index (χ4v) is 5.87. The molecule has 3 rings (SSSR count). The average Bonchev–Trinajstić information content (AvgIpc) is 2.63. The maximum absolute atomic E-state index is 14.0. The van der Waals surface area contributed by atoms with Gasteiger partial charge in [0.15, 0.2) is 0 Å². The van der Waals surface area contributed by atoms with Crippen molar-refractivity contribution in [1.82, 2.24) is 0 Å². The molecule has 2 aromatic carbocycles. The van der Waals surface area contributed by atoms with Gasteiger partial charge in [-0.1, -0.05) is 85.8 Å². The molecule has 2 aromatic rings. The van der Waals surface area contributed by atoms with Crippen LogP contribution in [0.3, 0.4) is 0 Å². The molecule has 0 radical (unpaired) electrons. The zero-order chi connectivity index (χ0) is 17.0. The van der Waals surface area contributed by atoms with E-state index >= 15 is 0 Å². The summed E-state index contributed by atoms with van der Waals surface area (Å²) in [6.45, 7) is 6.50. The van der Waals surface area contributed by atoms with Crippen LogP contribution in [0.15, 0.2) is 84.5 Å². The van der Waals surface area contributed by atoms with Crippen molar-refractivity contribution in [1.29, 1.82) is 0 Å². The van der Waals surface area contributed by atoms with E-state index in [0.717, 1.165) is 23.5 Å². The molecule has 0 amide bonds. The van der Waals surface area contributed by atoms with Gasteiger partial charge in [-0.25, -0.2) is 0 Å². The highest BCUT2D eigenvalue weighted by atomic mass is 31.2. The number of benzene rings is 2. The Kier molecular flexibility index (Phi) is 5.21. The summed E-state index contributed by atoms with van der Waals surface area (Å²) in [5.74, 6) is 0.689. The third kappa shape index (κ3) is 3.62. The lowest BCUT2D eigenvalue weighted by Crippen LogP contribution is -2.18. The van der Waals surface area contributed by atoms with Crippen LogP contribution >= 0.6 is 7.14 Å². The van der Waals surface area contributed by atoms with Crippen LogP contribution in [0.2, 0.25) is 0 Å². The van der Waals surface area contributed by atoms with Crippen molar-refractivity contribution in [2.24, 2.45) is 5.92 Å². The van der Waals surface area contributed by atoms with E-state index < -0.39 is 7.14 Å². The maximum Gasteiger partial charge on any atom is 0.146 e. The first-order valence-electron chi connectivity index (χ1n) is 8.67. The smallest absolute Gasteiger partial charge is 0.146 e. The normalized spacial score (nSPS) is 20.3. The fraction of sp³-hybridized carbons (Fsp3) is 0.273. The summed E-state index contributed by atoms with van der Waals surface area (Å²) in [7, 11) is -2.65. The molecule has 0 heterocycles. The van der Waals surface area contributed by atoms with Crippen LogP contribution < -0.4 is 10.6 Å². The highest BCUT2D eigenvalue weighted by molar-refractivity contribution is 7.78. The quantitative estimate of drug-likeness (QED) is 0.692. The Bertz CT molecular complexity index is 731. The average molecular weight is 336 g/mol. The van der Waals surface area contributed by atoms with Crippen molar-refractivity contribution >= 4 is 17.8 Å².